The van der Waals surface area contributed by atoms with E-state index in [1.807, 2.05) is 36.4 Å². The van der Waals surface area contributed by atoms with Crippen LogP contribution in [-0.4, -0.2) is 11.8 Å². The Labute approximate surface area is 146 Å². The van der Waals surface area contributed by atoms with Crippen molar-refractivity contribution in [2.75, 3.05) is 4.90 Å². The predicted octanol–water partition coefficient (Wildman–Crippen LogP) is 5.29. The van der Waals surface area contributed by atoms with Crippen LogP contribution in [0.4, 0.5) is 5.69 Å². The topological polar surface area (TPSA) is 20.3 Å². The van der Waals surface area contributed by atoms with Crippen molar-refractivity contribution in [1.29, 1.82) is 0 Å². The number of hydrogen-bond acceptors (Lipinski definition) is 2. The van der Waals surface area contributed by atoms with E-state index < -0.39 is 0 Å². The molecule has 5 rings (SSSR count). The highest BCUT2D eigenvalue weighted by Crippen LogP contribution is 2.48. The molecule has 2 aromatic rings. The summed E-state index contributed by atoms with van der Waals surface area (Å²) >= 11 is 12.1. The van der Waals surface area contributed by atoms with E-state index in [1.54, 1.807) is 0 Å². The van der Waals surface area contributed by atoms with Crippen LogP contribution in [0.25, 0.3) is 0 Å². The monoisotopic (exact) mass is 345 g/mol. The second-order valence-corrected chi connectivity index (χ2v) is 7.26. The zero-order valence-electron chi connectivity index (χ0n) is 12.6. The molecule has 2 nitrogen and oxygen atoms in total. The van der Waals surface area contributed by atoms with Gasteiger partial charge < -0.3 is 4.90 Å². The molecule has 2 aliphatic heterocycles. The first-order chi connectivity index (χ1) is 11.1. The van der Waals surface area contributed by atoms with Crippen LogP contribution in [0.2, 0.25) is 10.0 Å². The number of Topliss-reactive ketones (excluding diaryl/α,β-unsaturated/α-hetero) is 1. The molecule has 2 saturated heterocycles. The van der Waals surface area contributed by atoms with Gasteiger partial charge in [-0.3, -0.25) is 4.79 Å². The van der Waals surface area contributed by atoms with Gasteiger partial charge in [0.25, 0.3) is 0 Å². The Morgan fingerprint density at radius 3 is 2.09 bits per heavy atom. The maximum atomic E-state index is 12.5. The quantitative estimate of drug-likeness (QED) is 0.736. The Morgan fingerprint density at radius 1 is 0.870 bits per heavy atom. The van der Waals surface area contributed by atoms with E-state index in [-0.39, 0.29) is 18.0 Å². The molecule has 0 amide bonds. The van der Waals surface area contributed by atoms with Crippen LogP contribution in [-0.2, 0) is 4.79 Å². The molecule has 3 aliphatic rings. The van der Waals surface area contributed by atoms with Gasteiger partial charge in [-0.05, 0) is 54.8 Å². The highest BCUT2D eigenvalue weighted by atomic mass is 35.5. The van der Waals surface area contributed by atoms with Crippen LogP contribution in [0.5, 0.6) is 0 Å². The van der Waals surface area contributed by atoms with Gasteiger partial charge in [0, 0.05) is 34.1 Å². The Hall–Kier alpha value is -1.51. The summed E-state index contributed by atoms with van der Waals surface area (Å²) in [4.78, 5) is 14.9. The summed E-state index contributed by atoms with van der Waals surface area (Å²) in [6.45, 7) is 0. The van der Waals surface area contributed by atoms with Crippen molar-refractivity contribution in [2.24, 2.45) is 5.92 Å². The second-order valence-electron chi connectivity index (χ2n) is 6.39. The molecular weight excluding hydrogens is 329 g/mol. The number of hydrogen-bond donors (Lipinski definition) is 0. The number of carbonyl (C=O) groups excluding carboxylic acids is 1. The van der Waals surface area contributed by atoms with Crippen molar-refractivity contribution >= 4 is 34.7 Å². The lowest BCUT2D eigenvalue weighted by atomic mass is 9.71. The zero-order chi connectivity index (χ0) is 16.0. The van der Waals surface area contributed by atoms with E-state index in [0.29, 0.717) is 12.2 Å². The third-order valence-corrected chi connectivity index (χ3v) is 5.58. The van der Waals surface area contributed by atoms with Gasteiger partial charge in [-0.15, -0.1) is 0 Å². The fourth-order valence-corrected chi connectivity index (χ4v) is 4.30. The summed E-state index contributed by atoms with van der Waals surface area (Å²) in [5.74, 6) is 0.461. The molecule has 23 heavy (non-hydrogen) atoms. The first-order valence-corrected chi connectivity index (χ1v) is 8.71. The normalized spacial score (nSPS) is 26.6. The van der Waals surface area contributed by atoms with Crippen LogP contribution in [0.3, 0.4) is 0 Å². The van der Waals surface area contributed by atoms with Crippen LogP contribution >= 0.6 is 23.2 Å². The van der Waals surface area contributed by atoms with E-state index >= 15 is 0 Å². The number of ketones is 1. The molecular formula is C19H17Cl2NO. The third-order valence-electron chi connectivity index (χ3n) is 5.07. The lowest BCUT2D eigenvalue weighted by Crippen LogP contribution is -2.54. The minimum absolute atomic E-state index is 0.0665. The predicted molar refractivity (Wildman–Crippen MR) is 94.3 cm³/mol. The molecule has 0 radical (unpaired) electrons. The minimum Gasteiger partial charge on any atom is -0.360 e. The Bertz CT molecular complexity index is 726. The number of piperidine rings is 2. The van der Waals surface area contributed by atoms with Gasteiger partial charge in [0.2, 0.25) is 0 Å². The Balaban J connectivity index is 1.79. The largest absolute Gasteiger partial charge is 0.360 e. The van der Waals surface area contributed by atoms with E-state index in [4.69, 9.17) is 23.2 Å². The summed E-state index contributed by atoms with van der Waals surface area (Å²) in [5.41, 5.74) is 2.30. The van der Waals surface area contributed by atoms with Gasteiger partial charge >= 0.3 is 0 Å². The van der Waals surface area contributed by atoms with Gasteiger partial charge in [0.15, 0.2) is 0 Å². The molecule has 0 aromatic heterocycles. The molecule has 1 aliphatic carbocycles. The number of carbonyl (C=O) groups is 1. The SMILES string of the molecule is O=C1C[C@H]2CC[C@@H]1[C@H](c1ccc(Cl)cc1)N2c1ccc(Cl)cc1. The second kappa shape index (κ2) is 5.85. The zero-order valence-corrected chi connectivity index (χ0v) is 14.1. The van der Waals surface area contributed by atoms with Gasteiger partial charge in [0.05, 0.1) is 6.04 Å². The molecule has 3 atom stereocenters. The summed E-state index contributed by atoms with van der Waals surface area (Å²) < 4.78 is 0. The van der Waals surface area contributed by atoms with E-state index in [1.165, 1.54) is 0 Å². The van der Waals surface area contributed by atoms with Gasteiger partial charge in [0.1, 0.15) is 5.78 Å². The fraction of sp³-hybridized carbons (Fsp3) is 0.316. The van der Waals surface area contributed by atoms with Crippen molar-refractivity contribution in [2.45, 2.75) is 31.3 Å². The lowest BCUT2D eigenvalue weighted by Gasteiger charge is -2.52. The number of benzene rings is 2. The number of nitrogens with zero attached hydrogens (tertiary/aromatic N) is 1. The van der Waals surface area contributed by atoms with Gasteiger partial charge in [-0.1, -0.05) is 35.3 Å². The molecule has 2 bridgehead atoms. The number of halogens is 2. The summed E-state index contributed by atoms with van der Waals surface area (Å²) in [6.07, 6.45) is 2.70. The molecule has 4 heteroatoms. The number of fused-ring (bicyclic) bond motifs is 3. The van der Waals surface area contributed by atoms with Crippen molar-refractivity contribution in [3.63, 3.8) is 0 Å². The lowest BCUT2D eigenvalue weighted by molar-refractivity contribution is -0.128. The highest BCUT2D eigenvalue weighted by molar-refractivity contribution is 6.30. The van der Waals surface area contributed by atoms with E-state index in [2.05, 4.69) is 17.0 Å². The van der Waals surface area contributed by atoms with Crippen LogP contribution in [0, 0.1) is 5.92 Å². The number of rotatable bonds is 2. The molecule has 3 fully saturated rings. The van der Waals surface area contributed by atoms with Crippen molar-refractivity contribution < 1.29 is 4.79 Å². The summed E-state index contributed by atoms with van der Waals surface area (Å²) in [5, 5.41) is 1.45. The number of anilines is 1. The summed E-state index contributed by atoms with van der Waals surface area (Å²) in [7, 11) is 0. The average molecular weight is 346 g/mol. The standard InChI is InChI=1S/C19H17Cl2NO/c20-13-3-1-12(2-4-13)19-17-10-9-16(11-18(17)23)22(19)15-7-5-14(21)6-8-15/h1-8,16-17,19H,9-11H2/t16-,17+,19+/m1/s1. The Morgan fingerprint density at radius 2 is 1.48 bits per heavy atom. The minimum atomic E-state index is 0.0665. The molecule has 1 saturated carbocycles. The smallest absolute Gasteiger partial charge is 0.140 e. The fourth-order valence-electron chi connectivity index (χ4n) is 4.05. The van der Waals surface area contributed by atoms with Crippen LogP contribution in [0.1, 0.15) is 30.9 Å². The van der Waals surface area contributed by atoms with Crippen LogP contribution in [0.15, 0.2) is 48.5 Å². The molecule has 0 N–H and O–H groups in total. The molecule has 2 aromatic carbocycles. The molecule has 0 unspecified atom stereocenters. The van der Waals surface area contributed by atoms with Crippen molar-refractivity contribution in [3.05, 3.63) is 64.1 Å². The molecule has 2 heterocycles. The highest BCUT2D eigenvalue weighted by Gasteiger charge is 2.47. The molecule has 118 valence electrons. The maximum absolute atomic E-state index is 12.5. The Kier molecular flexibility index (Phi) is 3.82. The first-order valence-electron chi connectivity index (χ1n) is 7.95. The van der Waals surface area contributed by atoms with Gasteiger partial charge in [-0.2, -0.15) is 0 Å². The maximum Gasteiger partial charge on any atom is 0.140 e. The average Bonchev–Trinajstić information content (AvgIpc) is 2.56. The third kappa shape index (κ3) is 2.64. The van der Waals surface area contributed by atoms with E-state index in [0.717, 1.165) is 34.1 Å². The van der Waals surface area contributed by atoms with Crippen LogP contribution < -0.4 is 4.90 Å². The molecule has 0 spiro atoms. The first kappa shape index (κ1) is 15.0. The van der Waals surface area contributed by atoms with Crippen molar-refractivity contribution in [1.82, 2.24) is 0 Å². The van der Waals surface area contributed by atoms with Crippen molar-refractivity contribution in [3.8, 4) is 0 Å². The van der Waals surface area contributed by atoms with E-state index in [9.17, 15) is 4.79 Å². The van der Waals surface area contributed by atoms with Gasteiger partial charge in [-0.25, -0.2) is 0 Å². The summed E-state index contributed by atoms with van der Waals surface area (Å²) in [6, 6.07) is 16.2.